The van der Waals surface area contributed by atoms with Crippen molar-refractivity contribution in [2.24, 2.45) is 57.7 Å². The van der Waals surface area contributed by atoms with Gasteiger partial charge in [0.1, 0.15) is 0 Å². The molecule has 5 unspecified atom stereocenters. The van der Waals surface area contributed by atoms with Crippen molar-refractivity contribution in [3.63, 3.8) is 0 Å². The predicted molar refractivity (Wildman–Crippen MR) is 157 cm³/mol. The molecule has 4 nitrogen and oxygen atoms in total. The molecule has 216 valence electrons. The van der Waals surface area contributed by atoms with Crippen molar-refractivity contribution in [2.45, 2.75) is 118 Å². The second-order valence-electron chi connectivity index (χ2n) is 14.8. The molecule has 0 saturated heterocycles. The Labute approximate surface area is 239 Å². The molecule has 38 heavy (non-hydrogen) atoms. The fourth-order valence-electron chi connectivity index (χ4n) is 10.4. The first-order valence-electron chi connectivity index (χ1n) is 15.6. The Balaban J connectivity index is 1.55. The number of halogens is 1. The number of fused-ring (bicyclic) bond motifs is 5. The zero-order chi connectivity index (χ0) is 27.9. The van der Waals surface area contributed by atoms with Gasteiger partial charge in [0.2, 0.25) is 0 Å². The van der Waals surface area contributed by atoms with Crippen LogP contribution >= 0.6 is 15.9 Å². The van der Waals surface area contributed by atoms with E-state index in [0.717, 1.165) is 61.7 Å². The van der Waals surface area contributed by atoms with Gasteiger partial charge in [0.05, 0.1) is 12.3 Å². The molecule has 9 atom stereocenters. The van der Waals surface area contributed by atoms with E-state index < -0.39 is 23.3 Å². The summed E-state index contributed by atoms with van der Waals surface area (Å²) in [6.07, 6.45) is 16.1. The van der Waals surface area contributed by atoms with E-state index >= 15 is 0 Å². The van der Waals surface area contributed by atoms with Gasteiger partial charge in [-0.2, -0.15) is 0 Å². The Kier molecular flexibility index (Phi) is 9.17. The van der Waals surface area contributed by atoms with Crippen LogP contribution in [0, 0.1) is 57.7 Å². The highest BCUT2D eigenvalue weighted by molar-refractivity contribution is 9.09. The third-order valence-corrected chi connectivity index (χ3v) is 12.9. The van der Waals surface area contributed by atoms with Crippen LogP contribution in [-0.2, 0) is 9.59 Å². The number of carbonyl (C=O) groups is 2. The average molecular weight is 594 g/mol. The second-order valence-corrected chi connectivity index (χ2v) is 15.5. The van der Waals surface area contributed by atoms with Crippen molar-refractivity contribution in [1.29, 1.82) is 0 Å². The van der Waals surface area contributed by atoms with E-state index in [9.17, 15) is 19.8 Å². The number of hydrogen-bond acceptors (Lipinski definition) is 2. The Morgan fingerprint density at radius 3 is 2.39 bits per heavy atom. The fraction of sp³-hybridized carbons (Fsp3) is 0.879. The van der Waals surface area contributed by atoms with Crippen molar-refractivity contribution < 1.29 is 19.8 Å². The van der Waals surface area contributed by atoms with Crippen LogP contribution in [0.15, 0.2) is 11.6 Å². The van der Waals surface area contributed by atoms with Gasteiger partial charge in [-0.15, -0.1) is 0 Å². The van der Waals surface area contributed by atoms with Gasteiger partial charge in [0, 0.05) is 5.33 Å². The molecule has 4 aliphatic carbocycles. The fourth-order valence-corrected chi connectivity index (χ4v) is 11.2. The summed E-state index contributed by atoms with van der Waals surface area (Å²) in [5.74, 6) is 1.92. The van der Waals surface area contributed by atoms with Crippen molar-refractivity contribution in [3.05, 3.63) is 11.6 Å². The molecule has 0 heterocycles. The molecule has 0 aliphatic heterocycles. The largest absolute Gasteiger partial charge is 0.481 e. The van der Waals surface area contributed by atoms with Gasteiger partial charge in [-0.1, -0.05) is 81.5 Å². The standard InChI is InChI=1S/C33H53BrO4/c1-21(2)7-6-8-22(3)25-11-12-26-24-10-9-23-20-33(17-18-34,28(30(37)38)19-29(35)36)16-15-31(23,4)27(24)13-14-32(25,26)5/h9,21-22,24-28H,6-8,10-20H2,1-5H3,(H,35,36)(H,37,38)/t22-,24?,25-,26?,27?,28?,31+,32-,33?/m1/s1. The number of alkyl halides is 1. The first-order valence-corrected chi connectivity index (χ1v) is 16.7. The molecule has 4 rings (SSSR count). The van der Waals surface area contributed by atoms with E-state index in [4.69, 9.17) is 0 Å². The Bertz CT molecular complexity index is 913. The zero-order valence-electron chi connectivity index (χ0n) is 24.6. The molecule has 0 bridgehead atoms. The Morgan fingerprint density at radius 2 is 1.76 bits per heavy atom. The lowest BCUT2D eigenvalue weighted by atomic mass is 9.44. The van der Waals surface area contributed by atoms with Crippen molar-refractivity contribution in [2.75, 3.05) is 5.33 Å². The molecule has 5 heteroatoms. The van der Waals surface area contributed by atoms with Crippen LogP contribution in [-0.4, -0.2) is 27.5 Å². The highest BCUT2D eigenvalue weighted by Crippen LogP contribution is 2.69. The zero-order valence-corrected chi connectivity index (χ0v) is 26.2. The van der Waals surface area contributed by atoms with Crippen LogP contribution in [0.3, 0.4) is 0 Å². The third kappa shape index (κ3) is 5.40. The lowest BCUT2D eigenvalue weighted by Gasteiger charge is -2.60. The summed E-state index contributed by atoms with van der Waals surface area (Å²) in [4.78, 5) is 24.0. The van der Waals surface area contributed by atoms with Gasteiger partial charge in [-0.3, -0.25) is 9.59 Å². The number of carboxylic acids is 2. The highest BCUT2D eigenvalue weighted by atomic mass is 79.9. The van der Waals surface area contributed by atoms with E-state index in [2.05, 4.69) is 56.6 Å². The monoisotopic (exact) mass is 592 g/mol. The van der Waals surface area contributed by atoms with E-state index in [0.29, 0.717) is 16.7 Å². The van der Waals surface area contributed by atoms with Crippen LogP contribution < -0.4 is 0 Å². The number of carboxylic acid groups (broad SMARTS) is 2. The Hall–Kier alpha value is -0.840. The first-order chi connectivity index (χ1) is 17.9. The maximum atomic E-state index is 12.3. The van der Waals surface area contributed by atoms with Crippen molar-refractivity contribution >= 4 is 27.9 Å². The first kappa shape index (κ1) is 30.1. The van der Waals surface area contributed by atoms with Crippen molar-refractivity contribution in [3.8, 4) is 0 Å². The van der Waals surface area contributed by atoms with E-state index in [1.807, 2.05) is 0 Å². The highest BCUT2D eigenvalue weighted by Gasteiger charge is 2.61. The van der Waals surface area contributed by atoms with E-state index in [1.54, 1.807) is 0 Å². The van der Waals surface area contributed by atoms with Gasteiger partial charge in [-0.25, -0.2) is 0 Å². The average Bonchev–Trinajstić information content (AvgIpc) is 3.20. The van der Waals surface area contributed by atoms with Crippen LogP contribution in [0.4, 0.5) is 0 Å². The molecule has 0 amide bonds. The van der Waals surface area contributed by atoms with Crippen LogP contribution in [0.2, 0.25) is 0 Å². The molecule has 2 N–H and O–H groups in total. The van der Waals surface area contributed by atoms with E-state index in [-0.39, 0.29) is 11.8 Å². The summed E-state index contributed by atoms with van der Waals surface area (Å²) in [7, 11) is 0. The molecule has 0 aromatic rings. The summed E-state index contributed by atoms with van der Waals surface area (Å²) in [5.41, 5.74) is 1.57. The topological polar surface area (TPSA) is 74.6 Å². The molecule has 0 aromatic carbocycles. The Morgan fingerprint density at radius 1 is 1.03 bits per heavy atom. The second kappa shape index (κ2) is 11.6. The quantitative estimate of drug-likeness (QED) is 0.185. The minimum atomic E-state index is -1.00. The van der Waals surface area contributed by atoms with Gasteiger partial charge >= 0.3 is 11.9 Å². The molecular weight excluding hydrogens is 540 g/mol. The minimum absolute atomic E-state index is 0.132. The minimum Gasteiger partial charge on any atom is -0.481 e. The van der Waals surface area contributed by atoms with Crippen molar-refractivity contribution in [1.82, 2.24) is 0 Å². The van der Waals surface area contributed by atoms with Crippen LogP contribution in [0.1, 0.15) is 118 Å². The summed E-state index contributed by atoms with van der Waals surface area (Å²) in [6.45, 7) is 12.3. The normalized spacial score (nSPS) is 40.0. The summed E-state index contributed by atoms with van der Waals surface area (Å²) in [5, 5.41) is 20.3. The number of aliphatic carboxylic acids is 2. The summed E-state index contributed by atoms with van der Waals surface area (Å²) in [6, 6.07) is 0. The third-order valence-electron chi connectivity index (χ3n) is 12.5. The van der Waals surface area contributed by atoms with Gasteiger partial charge < -0.3 is 10.2 Å². The van der Waals surface area contributed by atoms with Crippen LogP contribution in [0.25, 0.3) is 0 Å². The van der Waals surface area contributed by atoms with Gasteiger partial charge in [0.15, 0.2) is 0 Å². The molecule has 0 aromatic heterocycles. The predicted octanol–water partition coefficient (Wildman–Crippen LogP) is 8.97. The lowest BCUT2D eigenvalue weighted by molar-refractivity contribution is -0.155. The number of rotatable bonds is 11. The molecule has 3 saturated carbocycles. The van der Waals surface area contributed by atoms with Gasteiger partial charge in [0.25, 0.3) is 0 Å². The number of hydrogen-bond donors (Lipinski definition) is 2. The maximum Gasteiger partial charge on any atom is 0.307 e. The van der Waals surface area contributed by atoms with Gasteiger partial charge in [-0.05, 0) is 110 Å². The molecule has 0 radical (unpaired) electrons. The molecule has 0 spiro atoms. The molecular formula is C33H53BrO4. The van der Waals surface area contributed by atoms with Crippen LogP contribution in [0.5, 0.6) is 0 Å². The maximum absolute atomic E-state index is 12.3. The summed E-state index contributed by atoms with van der Waals surface area (Å²) >= 11 is 3.58. The summed E-state index contributed by atoms with van der Waals surface area (Å²) < 4.78 is 0. The SMILES string of the molecule is CC(C)CCC[C@@H](C)[C@H]1CCC2C3CC=C4CC(CCBr)(C(CC(=O)O)C(=O)O)CC[C@]4(C)C3CC[C@@]21C. The molecule has 3 fully saturated rings. The smallest absolute Gasteiger partial charge is 0.307 e. The molecule has 4 aliphatic rings. The number of allylic oxidation sites excluding steroid dienone is 2. The lowest BCUT2D eigenvalue weighted by Crippen LogP contribution is -2.52. The van der Waals surface area contributed by atoms with E-state index in [1.165, 1.54) is 50.5 Å².